The highest BCUT2D eigenvalue weighted by Gasteiger charge is 2.33. The Morgan fingerprint density at radius 2 is 1.92 bits per heavy atom. The van der Waals surface area contributed by atoms with Crippen molar-refractivity contribution in [3.63, 3.8) is 0 Å². The van der Waals surface area contributed by atoms with Crippen LogP contribution in [0.1, 0.15) is 5.56 Å². The van der Waals surface area contributed by atoms with Gasteiger partial charge in [0.25, 0.3) is 5.91 Å². The zero-order chi connectivity index (χ0) is 17.9. The summed E-state index contributed by atoms with van der Waals surface area (Å²) in [7, 11) is 4.34. The van der Waals surface area contributed by atoms with Crippen LogP contribution in [0.25, 0.3) is 6.08 Å². The van der Waals surface area contributed by atoms with E-state index in [1.165, 1.54) is 19.1 Å². The largest absolute Gasteiger partial charge is 0.493 e. The standard InChI is InChI=1S/C15H14BrNO5S2/c1-20-10-4-8(9(16)6-11(10)21-2)5-12-14(19)17(15(23)24-12)7-13(18)22-3/h4-6H,7H2,1-3H3/b12-5-. The smallest absolute Gasteiger partial charge is 0.325 e. The van der Waals surface area contributed by atoms with Gasteiger partial charge in [-0.25, -0.2) is 0 Å². The lowest BCUT2D eigenvalue weighted by atomic mass is 10.2. The molecule has 24 heavy (non-hydrogen) atoms. The van der Waals surface area contributed by atoms with Gasteiger partial charge in [-0.2, -0.15) is 0 Å². The first-order valence-corrected chi connectivity index (χ1v) is 8.66. The van der Waals surface area contributed by atoms with Crippen LogP contribution < -0.4 is 9.47 Å². The summed E-state index contributed by atoms with van der Waals surface area (Å²) in [6, 6.07) is 3.50. The SMILES string of the molecule is COC(=O)CN1C(=O)/C(=C/c2cc(OC)c(OC)cc2Br)SC1=S. The minimum Gasteiger partial charge on any atom is -0.493 e. The molecule has 0 aromatic heterocycles. The third-order valence-electron chi connectivity index (χ3n) is 3.18. The van der Waals surface area contributed by atoms with E-state index in [1.807, 2.05) is 0 Å². The molecule has 0 N–H and O–H groups in total. The lowest BCUT2D eigenvalue weighted by Gasteiger charge is -2.12. The minimum absolute atomic E-state index is 0.203. The summed E-state index contributed by atoms with van der Waals surface area (Å²) in [5, 5.41) is 0. The molecule has 1 aromatic rings. The molecule has 1 amide bonds. The second-order valence-corrected chi connectivity index (χ2v) is 7.10. The number of carbonyl (C=O) groups is 2. The molecule has 0 spiro atoms. The lowest BCUT2D eigenvalue weighted by Crippen LogP contribution is -2.33. The molecule has 1 fully saturated rings. The molecule has 1 aromatic carbocycles. The Kier molecular flexibility index (Phi) is 6.25. The van der Waals surface area contributed by atoms with Crippen LogP contribution in [0.4, 0.5) is 0 Å². The molecule has 1 aliphatic heterocycles. The van der Waals surface area contributed by atoms with Gasteiger partial charge in [0.05, 0.1) is 26.2 Å². The average molecular weight is 432 g/mol. The van der Waals surface area contributed by atoms with E-state index in [0.717, 1.165) is 21.8 Å². The molecule has 0 radical (unpaired) electrons. The Balaban J connectivity index is 2.34. The van der Waals surface area contributed by atoms with Crippen LogP contribution in [0.2, 0.25) is 0 Å². The third kappa shape index (κ3) is 3.90. The second kappa shape index (κ2) is 8.00. The van der Waals surface area contributed by atoms with Gasteiger partial charge in [0.2, 0.25) is 0 Å². The van der Waals surface area contributed by atoms with Gasteiger partial charge < -0.3 is 14.2 Å². The predicted molar refractivity (Wildman–Crippen MR) is 99.1 cm³/mol. The number of thiocarbonyl (C=S) groups is 1. The van der Waals surface area contributed by atoms with Gasteiger partial charge in [-0.15, -0.1) is 0 Å². The van der Waals surface area contributed by atoms with E-state index in [9.17, 15) is 9.59 Å². The van der Waals surface area contributed by atoms with Crippen LogP contribution in [-0.2, 0) is 14.3 Å². The van der Waals surface area contributed by atoms with Crippen LogP contribution in [0.3, 0.4) is 0 Å². The maximum Gasteiger partial charge on any atom is 0.325 e. The number of nitrogens with zero attached hydrogens (tertiary/aromatic N) is 1. The monoisotopic (exact) mass is 431 g/mol. The van der Waals surface area contributed by atoms with Crippen molar-refractivity contribution < 1.29 is 23.8 Å². The maximum absolute atomic E-state index is 12.4. The van der Waals surface area contributed by atoms with E-state index >= 15 is 0 Å². The van der Waals surface area contributed by atoms with Gasteiger partial charge in [-0.05, 0) is 23.8 Å². The fraction of sp³-hybridized carbons (Fsp3) is 0.267. The first kappa shape index (κ1) is 18.8. The number of hydrogen-bond donors (Lipinski definition) is 0. The van der Waals surface area contributed by atoms with E-state index in [4.69, 9.17) is 21.7 Å². The summed E-state index contributed by atoms with van der Waals surface area (Å²) in [6.07, 6.45) is 1.68. The third-order valence-corrected chi connectivity index (χ3v) is 5.24. The molecule has 6 nitrogen and oxygen atoms in total. The molecule has 1 saturated heterocycles. The number of methoxy groups -OCH3 is 3. The molecule has 1 heterocycles. The highest BCUT2D eigenvalue weighted by molar-refractivity contribution is 9.10. The summed E-state index contributed by atoms with van der Waals surface area (Å²) < 4.78 is 16.1. The summed E-state index contributed by atoms with van der Waals surface area (Å²) in [5.41, 5.74) is 0.728. The minimum atomic E-state index is -0.528. The van der Waals surface area contributed by atoms with E-state index in [0.29, 0.717) is 20.7 Å². The topological polar surface area (TPSA) is 65.1 Å². The number of esters is 1. The van der Waals surface area contributed by atoms with Gasteiger partial charge in [0.15, 0.2) is 11.5 Å². The number of amides is 1. The van der Waals surface area contributed by atoms with Crippen LogP contribution in [-0.4, -0.2) is 49.0 Å². The van der Waals surface area contributed by atoms with Crippen molar-refractivity contribution >= 4 is 62.2 Å². The molecule has 0 bridgehead atoms. The molecule has 0 atom stereocenters. The molecular weight excluding hydrogens is 418 g/mol. The zero-order valence-corrected chi connectivity index (χ0v) is 16.3. The number of thioether (sulfide) groups is 1. The van der Waals surface area contributed by atoms with Gasteiger partial charge in [-0.1, -0.05) is 39.9 Å². The lowest BCUT2D eigenvalue weighted by molar-refractivity contribution is -0.143. The molecular formula is C15H14BrNO5S2. The number of halogens is 1. The Morgan fingerprint density at radius 3 is 2.50 bits per heavy atom. The highest BCUT2D eigenvalue weighted by Crippen LogP contribution is 2.37. The first-order chi connectivity index (χ1) is 11.4. The predicted octanol–water partition coefficient (Wildman–Crippen LogP) is 2.84. The van der Waals surface area contributed by atoms with Crippen molar-refractivity contribution in [2.75, 3.05) is 27.9 Å². The summed E-state index contributed by atoms with van der Waals surface area (Å²) >= 11 is 9.73. The van der Waals surface area contributed by atoms with Crippen molar-refractivity contribution in [3.05, 3.63) is 27.1 Å². The molecule has 2 rings (SSSR count). The summed E-state index contributed by atoms with van der Waals surface area (Å²) in [6.45, 7) is -0.203. The van der Waals surface area contributed by atoms with Gasteiger partial charge in [0, 0.05) is 4.47 Å². The van der Waals surface area contributed by atoms with Crippen LogP contribution in [0.15, 0.2) is 21.5 Å². The zero-order valence-electron chi connectivity index (χ0n) is 13.1. The van der Waals surface area contributed by atoms with Crippen LogP contribution >= 0.6 is 39.9 Å². The van der Waals surface area contributed by atoms with Gasteiger partial charge >= 0.3 is 5.97 Å². The number of carbonyl (C=O) groups excluding carboxylic acids is 2. The Labute approximate surface area is 157 Å². The van der Waals surface area contributed by atoms with Crippen LogP contribution in [0.5, 0.6) is 11.5 Å². The van der Waals surface area contributed by atoms with Crippen molar-refractivity contribution in [1.82, 2.24) is 4.90 Å². The number of rotatable bonds is 5. The molecule has 0 aliphatic carbocycles. The molecule has 128 valence electrons. The van der Waals surface area contributed by atoms with Crippen molar-refractivity contribution in [2.24, 2.45) is 0 Å². The fourth-order valence-corrected chi connectivity index (χ4v) is 3.63. The van der Waals surface area contributed by atoms with Gasteiger partial charge in [-0.3, -0.25) is 14.5 Å². The van der Waals surface area contributed by atoms with E-state index in [-0.39, 0.29) is 12.5 Å². The quantitative estimate of drug-likeness (QED) is 0.403. The highest BCUT2D eigenvalue weighted by atomic mass is 79.9. The summed E-state index contributed by atoms with van der Waals surface area (Å²) in [5.74, 6) is 0.244. The average Bonchev–Trinajstić information content (AvgIpc) is 2.83. The van der Waals surface area contributed by atoms with Crippen molar-refractivity contribution in [1.29, 1.82) is 0 Å². The molecule has 0 unspecified atom stereocenters. The molecule has 0 saturated carbocycles. The number of hydrogen-bond acceptors (Lipinski definition) is 7. The van der Waals surface area contributed by atoms with Crippen LogP contribution in [0, 0.1) is 0 Å². The second-order valence-electron chi connectivity index (χ2n) is 4.57. The van der Waals surface area contributed by atoms with E-state index in [2.05, 4.69) is 20.7 Å². The van der Waals surface area contributed by atoms with Gasteiger partial charge in [0.1, 0.15) is 10.9 Å². The summed E-state index contributed by atoms with van der Waals surface area (Å²) in [4.78, 5) is 25.4. The number of ether oxygens (including phenoxy) is 3. The Morgan fingerprint density at radius 1 is 1.29 bits per heavy atom. The maximum atomic E-state index is 12.4. The Hall–Kier alpha value is -1.58. The fourth-order valence-electron chi connectivity index (χ4n) is 1.95. The van der Waals surface area contributed by atoms with Crippen molar-refractivity contribution in [2.45, 2.75) is 0 Å². The van der Waals surface area contributed by atoms with E-state index < -0.39 is 5.97 Å². The molecule has 1 aliphatic rings. The van der Waals surface area contributed by atoms with E-state index in [1.54, 1.807) is 25.3 Å². The molecule has 9 heteroatoms. The number of benzene rings is 1. The first-order valence-electron chi connectivity index (χ1n) is 6.65. The normalized spacial score (nSPS) is 15.8. The Bertz CT molecular complexity index is 735. The van der Waals surface area contributed by atoms with Crippen molar-refractivity contribution in [3.8, 4) is 11.5 Å².